The number of halogens is 4. The van der Waals surface area contributed by atoms with Crippen LogP contribution in [0.5, 0.6) is 0 Å². The van der Waals surface area contributed by atoms with E-state index in [0.717, 1.165) is 38.2 Å². The summed E-state index contributed by atoms with van der Waals surface area (Å²) in [5.74, 6) is -1.28. The fourth-order valence-electron chi connectivity index (χ4n) is 4.70. The van der Waals surface area contributed by atoms with Crippen molar-refractivity contribution in [2.75, 3.05) is 7.05 Å². The number of nitrogens with zero attached hydrogens (tertiary/aromatic N) is 3. The molecule has 3 rings (SSSR count). The van der Waals surface area contributed by atoms with Crippen LogP contribution >= 0.6 is 11.6 Å². The average molecular weight is 536 g/mol. The molecule has 1 atom stereocenters. The van der Waals surface area contributed by atoms with Crippen molar-refractivity contribution in [3.8, 4) is 11.8 Å². The van der Waals surface area contributed by atoms with E-state index in [-0.39, 0.29) is 23.2 Å². The molecular formula is C27H29ClF3N3O3. The summed E-state index contributed by atoms with van der Waals surface area (Å²) < 4.78 is 47.0. The largest absolute Gasteiger partial charge is 0.448 e. The van der Waals surface area contributed by atoms with Crippen molar-refractivity contribution in [3.63, 3.8) is 0 Å². The summed E-state index contributed by atoms with van der Waals surface area (Å²) in [5.41, 5.74) is 0.490. The first-order chi connectivity index (χ1) is 17.3. The van der Waals surface area contributed by atoms with Crippen LogP contribution in [0.3, 0.4) is 0 Å². The number of amides is 1. The topological polar surface area (TPSA) is 75.3 Å². The number of aryl methyl sites for hydroxylation is 1. The number of esters is 1. The SMILES string of the molecule is Cc1cc(/C=C(\C#N)C(=O)OC(C)C(=O)N(C)C2CCCCC2)c(C)n1-c1ccc(Cl)c(C(F)(F)F)c1. The Hall–Kier alpha value is -3.25. The molecule has 1 fully saturated rings. The second-order valence-corrected chi connectivity index (χ2v) is 9.69. The van der Waals surface area contributed by atoms with Crippen molar-refractivity contribution in [1.82, 2.24) is 9.47 Å². The monoisotopic (exact) mass is 535 g/mol. The van der Waals surface area contributed by atoms with Gasteiger partial charge in [-0.2, -0.15) is 18.4 Å². The minimum Gasteiger partial charge on any atom is -0.448 e. The second-order valence-electron chi connectivity index (χ2n) is 9.28. The molecule has 1 heterocycles. The third-order valence-electron chi connectivity index (χ3n) is 6.73. The van der Waals surface area contributed by atoms with E-state index in [9.17, 15) is 28.0 Å². The molecule has 0 bridgehead atoms. The minimum atomic E-state index is -4.62. The van der Waals surface area contributed by atoms with Crippen molar-refractivity contribution in [3.05, 3.63) is 57.4 Å². The molecule has 0 spiro atoms. The molecule has 1 unspecified atom stereocenters. The van der Waals surface area contributed by atoms with E-state index < -0.39 is 28.8 Å². The van der Waals surface area contributed by atoms with Crippen LogP contribution in [0.1, 0.15) is 61.5 Å². The summed E-state index contributed by atoms with van der Waals surface area (Å²) in [4.78, 5) is 27.1. The first kappa shape index (κ1) is 28.3. The fourth-order valence-corrected chi connectivity index (χ4v) is 4.93. The van der Waals surface area contributed by atoms with E-state index in [2.05, 4.69) is 0 Å². The van der Waals surface area contributed by atoms with Gasteiger partial charge >= 0.3 is 12.1 Å². The van der Waals surface area contributed by atoms with Gasteiger partial charge in [0.1, 0.15) is 11.6 Å². The number of ether oxygens (including phenoxy) is 1. The lowest BCUT2D eigenvalue weighted by Crippen LogP contribution is -2.44. The van der Waals surface area contributed by atoms with Gasteiger partial charge in [-0.1, -0.05) is 30.9 Å². The van der Waals surface area contributed by atoms with Crippen LogP contribution in [0.2, 0.25) is 5.02 Å². The highest BCUT2D eigenvalue weighted by Crippen LogP contribution is 2.36. The molecule has 0 aliphatic heterocycles. The van der Waals surface area contributed by atoms with Crippen molar-refractivity contribution in [2.45, 2.75) is 71.2 Å². The molecule has 0 saturated heterocycles. The van der Waals surface area contributed by atoms with E-state index in [1.807, 2.05) is 0 Å². The molecule has 37 heavy (non-hydrogen) atoms. The number of hydrogen-bond donors (Lipinski definition) is 0. The Bertz CT molecular complexity index is 1250. The summed E-state index contributed by atoms with van der Waals surface area (Å²) in [7, 11) is 1.69. The Kier molecular flexibility index (Phi) is 8.75. The molecule has 198 valence electrons. The van der Waals surface area contributed by atoms with Gasteiger partial charge in [0.05, 0.1) is 10.6 Å². The highest BCUT2D eigenvalue weighted by atomic mass is 35.5. The van der Waals surface area contributed by atoms with E-state index in [0.29, 0.717) is 17.0 Å². The third kappa shape index (κ3) is 6.37. The molecule has 1 aliphatic rings. The quantitative estimate of drug-likeness (QED) is 0.244. The van der Waals surface area contributed by atoms with Crippen molar-refractivity contribution in [1.29, 1.82) is 5.26 Å². The zero-order valence-electron chi connectivity index (χ0n) is 21.2. The summed E-state index contributed by atoms with van der Waals surface area (Å²) in [6, 6.07) is 7.14. The predicted octanol–water partition coefficient (Wildman–Crippen LogP) is 6.40. The highest BCUT2D eigenvalue weighted by molar-refractivity contribution is 6.31. The molecule has 0 N–H and O–H groups in total. The van der Waals surface area contributed by atoms with Gasteiger partial charge in [-0.05, 0) is 69.5 Å². The van der Waals surface area contributed by atoms with Crippen LogP contribution in [-0.2, 0) is 20.5 Å². The standard InChI is InChI=1S/C27H29ClF3N3O3/c1-16-12-19(17(2)34(16)22-10-11-24(28)23(14-22)27(29,30)31)13-20(15-32)26(36)37-18(3)25(35)33(4)21-8-6-5-7-9-21/h10-14,18,21H,5-9H2,1-4H3/b20-13+. The summed E-state index contributed by atoms with van der Waals surface area (Å²) in [5, 5.41) is 9.19. The number of hydrogen-bond acceptors (Lipinski definition) is 4. The van der Waals surface area contributed by atoms with Crippen LogP contribution in [0.25, 0.3) is 11.8 Å². The molecule has 0 radical (unpaired) electrons. The van der Waals surface area contributed by atoms with Crippen LogP contribution < -0.4 is 0 Å². The zero-order chi connectivity index (χ0) is 27.5. The van der Waals surface area contributed by atoms with Crippen LogP contribution in [-0.4, -0.2) is 40.5 Å². The molecule has 1 aromatic carbocycles. The Balaban J connectivity index is 1.83. The van der Waals surface area contributed by atoms with Gasteiger partial charge in [0.2, 0.25) is 0 Å². The Morgan fingerprint density at radius 3 is 2.46 bits per heavy atom. The van der Waals surface area contributed by atoms with Crippen molar-refractivity contribution >= 4 is 29.6 Å². The Morgan fingerprint density at radius 1 is 1.22 bits per heavy atom. The zero-order valence-corrected chi connectivity index (χ0v) is 21.9. The molecule has 1 amide bonds. The van der Waals surface area contributed by atoms with Gasteiger partial charge in [0.25, 0.3) is 5.91 Å². The number of carbonyl (C=O) groups is 2. The van der Waals surface area contributed by atoms with Gasteiger partial charge in [0, 0.05) is 30.2 Å². The first-order valence-electron chi connectivity index (χ1n) is 12.0. The lowest BCUT2D eigenvalue weighted by Gasteiger charge is -2.32. The highest BCUT2D eigenvalue weighted by Gasteiger charge is 2.34. The van der Waals surface area contributed by atoms with E-state index >= 15 is 0 Å². The number of aromatic nitrogens is 1. The van der Waals surface area contributed by atoms with Crippen LogP contribution in [0, 0.1) is 25.2 Å². The minimum absolute atomic E-state index is 0.101. The second kappa shape index (κ2) is 11.4. The number of carbonyl (C=O) groups excluding carboxylic acids is 2. The van der Waals surface area contributed by atoms with E-state index in [1.54, 1.807) is 42.5 Å². The van der Waals surface area contributed by atoms with Crippen LogP contribution in [0.4, 0.5) is 13.2 Å². The molecule has 2 aromatic rings. The number of benzene rings is 1. The van der Waals surface area contributed by atoms with Gasteiger partial charge in [-0.3, -0.25) is 4.79 Å². The maximum Gasteiger partial charge on any atom is 0.417 e. The molecule has 1 aromatic heterocycles. The number of alkyl halides is 3. The maximum atomic E-state index is 13.4. The number of rotatable bonds is 6. The number of likely N-dealkylation sites (N-methyl/N-ethyl adjacent to an activating group) is 1. The summed E-state index contributed by atoms with van der Waals surface area (Å²) in [6.07, 6.45) is 0.652. The van der Waals surface area contributed by atoms with Gasteiger partial charge in [-0.15, -0.1) is 0 Å². The Morgan fingerprint density at radius 2 is 1.86 bits per heavy atom. The van der Waals surface area contributed by atoms with Gasteiger partial charge < -0.3 is 14.2 Å². The van der Waals surface area contributed by atoms with Gasteiger partial charge in [-0.25, -0.2) is 4.79 Å². The fraction of sp³-hybridized carbons (Fsp3) is 0.444. The lowest BCUT2D eigenvalue weighted by atomic mass is 9.94. The molecule has 1 aliphatic carbocycles. The van der Waals surface area contributed by atoms with E-state index in [4.69, 9.17) is 16.3 Å². The number of nitriles is 1. The smallest absolute Gasteiger partial charge is 0.417 e. The first-order valence-corrected chi connectivity index (χ1v) is 12.4. The van der Waals surface area contributed by atoms with Crippen molar-refractivity contribution in [2.24, 2.45) is 0 Å². The molecule has 6 nitrogen and oxygen atoms in total. The van der Waals surface area contributed by atoms with E-state index in [1.165, 1.54) is 25.1 Å². The molecule has 1 saturated carbocycles. The molecule has 10 heteroatoms. The average Bonchev–Trinajstić information content (AvgIpc) is 3.14. The summed E-state index contributed by atoms with van der Waals surface area (Å²) >= 11 is 5.75. The maximum absolute atomic E-state index is 13.4. The van der Waals surface area contributed by atoms with Crippen LogP contribution in [0.15, 0.2) is 29.8 Å². The Labute approximate surface area is 219 Å². The van der Waals surface area contributed by atoms with Crippen molar-refractivity contribution < 1.29 is 27.5 Å². The third-order valence-corrected chi connectivity index (χ3v) is 7.06. The van der Waals surface area contributed by atoms with Gasteiger partial charge in [0.15, 0.2) is 6.10 Å². The predicted molar refractivity (Wildman–Crippen MR) is 134 cm³/mol. The summed E-state index contributed by atoms with van der Waals surface area (Å²) in [6.45, 7) is 4.82. The normalized spacial score (nSPS) is 15.7. The lowest BCUT2D eigenvalue weighted by molar-refractivity contribution is -0.156. The molecular weight excluding hydrogens is 507 g/mol.